The molecule has 0 aliphatic heterocycles. The SMILES string of the molecule is CC(C)NCC(=O)Nc1cnn(CC(=O)NC2CC2)c1. The van der Waals surface area contributed by atoms with Gasteiger partial charge in [0.1, 0.15) is 6.54 Å². The molecule has 1 aromatic rings. The monoisotopic (exact) mass is 279 g/mol. The molecule has 0 radical (unpaired) electrons. The lowest BCUT2D eigenvalue weighted by Gasteiger charge is -2.07. The maximum absolute atomic E-state index is 11.6. The summed E-state index contributed by atoms with van der Waals surface area (Å²) in [6.07, 6.45) is 5.32. The molecule has 1 aliphatic rings. The number of carbonyl (C=O) groups is 2. The molecule has 2 amide bonds. The molecule has 0 aromatic carbocycles. The summed E-state index contributed by atoms with van der Waals surface area (Å²) in [5.74, 6) is -0.171. The Labute approximate surface area is 118 Å². The summed E-state index contributed by atoms with van der Waals surface area (Å²) in [5, 5.41) is 12.7. The van der Waals surface area contributed by atoms with Crippen molar-refractivity contribution in [3.8, 4) is 0 Å². The predicted octanol–water partition coefficient (Wildman–Crippen LogP) is 0.0982. The number of anilines is 1. The van der Waals surface area contributed by atoms with Crippen LogP contribution in [0, 0.1) is 0 Å². The van der Waals surface area contributed by atoms with E-state index in [2.05, 4.69) is 21.0 Å². The Hall–Kier alpha value is -1.89. The molecule has 1 fully saturated rings. The van der Waals surface area contributed by atoms with Gasteiger partial charge in [-0.3, -0.25) is 14.3 Å². The average Bonchev–Trinajstić information content (AvgIpc) is 3.07. The highest BCUT2D eigenvalue weighted by Gasteiger charge is 2.23. The van der Waals surface area contributed by atoms with Crippen molar-refractivity contribution in [1.29, 1.82) is 0 Å². The van der Waals surface area contributed by atoms with E-state index in [-0.39, 0.29) is 30.9 Å². The molecule has 1 heterocycles. The van der Waals surface area contributed by atoms with Crippen LogP contribution in [0.15, 0.2) is 12.4 Å². The van der Waals surface area contributed by atoms with Crippen LogP contribution >= 0.6 is 0 Å². The van der Waals surface area contributed by atoms with E-state index in [1.54, 1.807) is 6.20 Å². The Morgan fingerprint density at radius 3 is 2.80 bits per heavy atom. The smallest absolute Gasteiger partial charge is 0.241 e. The van der Waals surface area contributed by atoms with Crippen molar-refractivity contribution >= 4 is 17.5 Å². The number of nitrogens with one attached hydrogen (secondary N) is 3. The van der Waals surface area contributed by atoms with Gasteiger partial charge in [0, 0.05) is 18.3 Å². The van der Waals surface area contributed by atoms with Crippen LogP contribution in [-0.4, -0.2) is 40.2 Å². The summed E-state index contributed by atoms with van der Waals surface area (Å²) >= 11 is 0. The summed E-state index contributed by atoms with van der Waals surface area (Å²) < 4.78 is 1.52. The van der Waals surface area contributed by atoms with Crippen molar-refractivity contribution in [3.63, 3.8) is 0 Å². The fraction of sp³-hybridized carbons (Fsp3) is 0.615. The average molecular weight is 279 g/mol. The Morgan fingerprint density at radius 2 is 2.15 bits per heavy atom. The third-order valence-corrected chi connectivity index (χ3v) is 2.84. The van der Waals surface area contributed by atoms with Gasteiger partial charge in [-0.2, -0.15) is 5.10 Å². The van der Waals surface area contributed by atoms with Gasteiger partial charge in [0.05, 0.1) is 18.4 Å². The number of carbonyl (C=O) groups excluding carboxylic acids is 2. The molecular weight excluding hydrogens is 258 g/mol. The minimum absolute atomic E-state index is 0.0463. The highest BCUT2D eigenvalue weighted by atomic mass is 16.2. The van der Waals surface area contributed by atoms with E-state index in [0.29, 0.717) is 11.7 Å². The second-order valence-electron chi connectivity index (χ2n) is 5.35. The van der Waals surface area contributed by atoms with Crippen LogP contribution in [0.1, 0.15) is 26.7 Å². The molecule has 0 unspecified atom stereocenters. The van der Waals surface area contributed by atoms with E-state index >= 15 is 0 Å². The second kappa shape index (κ2) is 6.51. The molecule has 1 aromatic heterocycles. The number of aromatic nitrogens is 2. The summed E-state index contributed by atoms with van der Waals surface area (Å²) in [4.78, 5) is 23.2. The summed E-state index contributed by atoms with van der Waals surface area (Å²) in [5.41, 5.74) is 0.597. The van der Waals surface area contributed by atoms with E-state index in [1.165, 1.54) is 10.9 Å². The maximum atomic E-state index is 11.6. The second-order valence-corrected chi connectivity index (χ2v) is 5.35. The largest absolute Gasteiger partial charge is 0.352 e. The minimum Gasteiger partial charge on any atom is -0.352 e. The van der Waals surface area contributed by atoms with Crippen LogP contribution in [0.25, 0.3) is 0 Å². The van der Waals surface area contributed by atoms with Crippen LogP contribution < -0.4 is 16.0 Å². The quantitative estimate of drug-likeness (QED) is 0.660. The standard InChI is InChI=1S/C13H21N5O2/c1-9(2)14-6-12(19)17-11-5-15-18(7-11)8-13(20)16-10-3-4-10/h5,7,9-10,14H,3-4,6,8H2,1-2H3,(H,16,20)(H,17,19). The highest BCUT2D eigenvalue weighted by molar-refractivity contribution is 5.92. The first kappa shape index (κ1) is 14.5. The number of hydrogen-bond acceptors (Lipinski definition) is 4. The molecule has 7 heteroatoms. The highest BCUT2D eigenvalue weighted by Crippen LogP contribution is 2.18. The fourth-order valence-electron chi connectivity index (χ4n) is 1.66. The van der Waals surface area contributed by atoms with Gasteiger partial charge in [-0.25, -0.2) is 0 Å². The molecule has 0 atom stereocenters. The molecule has 1 aliphatic carbocycles. The molecule has 7 nitrogen and oxygen atoms in total. The van der Waals surface area contributed by atoms with Gasteiger partial charge >= 0.3 is 0 Å². The Kier molecular flexibility index (Phi) is 4.73. The van der Waals surface area contributed by atoms with Crippen molar-refractivity contribution in [2.24, 2.45) is 0 Å². The Bertz CT molecular complexity index is 479. The number of amides is 2. The number of nitrogens with zero attached hydrogens (tertiary/aromatic N) is 2. The molecule has 0 saturated heterocycles. The first-order chi connectivity index (χ1) is 9.52. The van der Waals surface area contributed by atoms with Gasteiger partial charge in [0.25, 0.3) is 0 Å². The van der Waals surface area contributed by atoms with Crippen molar-refractivity contribution in [1.82, 2.24) is 20.4 Å². The van der Waals surface area contributed by atoms with Crippen LogP contribution in [0.3, 0.4) is 0 Å². The fourth-order valence-corrected chi connectivity index (χ4v) is 1.66. The predicted molar refractivity (Wildman–Crippen MR) is 75.2 cm³/mol. The van der Waals surface area contributed by atoms with E-state index < -0.39 is 0 Å². The lowest BCUT2D eigenvalue weighted by Crippen LogP contribution is -2.32. The van der Waals surface area contributed by atoms with Crippen LogP contribution in [0.4, 0.5) is 5.69 Å². The third kappa shape index (κ3) is 5.00. The molecule has 20 heavy (non-hydrogen) atoms. The topological polar surface area (TPSA) is 88.1 Å². The van der Waals surface area contributed by atoms with E-state index in [9.17, 15) is 9.59 Å². The number of hydrogen-bond donors (Lipinski definition) is 3. The van der Waals surface area contributed by atoms with E-state index in [4.69, 9.17) is 0 Å². The Balaban J connectivity index is 1.76. The maximum Gasteiger partial charge on any atom is 0.241 e. The van der Waals surface area contributed by atoms with Crippen LogP contribution in [0.5, 0.6) is 0 Å². The molecule has 0 spiro atoms. The lowest BCUT2D eigenvalue weighted by atomic mass is 10.4. The molecule has 110 valence electrons. The minimum atomic E-state index is -0.124. The van der Waals surface area contributed by atoms with Crippen molar-refractivity contribution < 1.29 is 9.59 Å². The Morgan fingerprint density at radius 1 is 1.40 bits per heavy atom. The first-order valence-corrected chi connectivity index (χ1v) is 6.88. The molecule has 3 N–H and O–H groups in total. The van der Waals surface area contributed by atoms with Crippen molar-refractivity contribution in [3.05, 3.63) is 12.4 Å². The molecular formula is C13H21N5O2. The van der Waals surface area contributed by atoms with Gasteiger partial charge < -0.3 is 16.0 Å². The zero-order valence-electron chi connectivity index (χ0n) is 11.8. The lowest BCUT2D eigenvalue weighted by molar-refractivity contribution is -0.122. The number of rotatable bonds is 7. The van der Waals surface area contributed by atoms with E-state index in [1.807, 2.05) is 13.8 Å². The summed E-state index contributed by atoms with van der Waals surface area (Å²) in [6, 6.07) is 0.605. The van der Waals surface area contributed by atoms with E-state index in [0.717, 1.165) is 12.8 Å². The van der Waals surface area contributed by atoms with Gasteiger partial charge in [0.2, 0.25) is 11.8 Å². The molecule has 2 rings (SSSR count). The van der Waals surface area contributed by atoms with Crippen LogP contribution in [-0.2, 0) is 16.1 Å². The molecule has 0 bridgehead atoms. The van der Waals surface area contributed by atoms with Gasteiger partial charge in [-0.1, -0.05) is 13.8 Å². The zero-order chi connectivity index (χ0) is 14.5. The molecule has 1 saturated carbocycles. The third-order valence-electron chi connectivity index (χ3n) is 2.84. The normalized spacial score (nSPS) is 14.3. The van der Waals surface area contributed by atoms with Gasteiger partial charge in [-0.15, -0.1) is 0 Å². The van der Waals surface area contributed by atoms with Crippen molar-refractivity contribution in [2.45, 2.75) is 45.3 Å². The van der Waals surface area contributed by atoms with Crippen molar-refractivity contribution in [2.75, 3.05) is 11.9 Å². The van der Waals surface area contributed by atoms with Crippen LogP contribution in [0.2, 0.25) is 0 Å². The van der Waals surface area contributed by atoms with Gasteiger partial charge in [-0.05, 0) is 12.8 Å². The summed E-state index contributed by atoms with van der Waals surface area (Å²) in [7, 11) is 0. The van der Waals surface area contributed by atoms with Gasteiger partial charge in [0.15, 0.2) is 0 Å². The zero-order valence-corrected chi connectivity index (χ0v) is 11.8. The first-order valence-electron chi connectivity index (χ1n) is 6.88. The summed E-state index contributed by atoms with van der Waals surface area (Å²) in [6.45, 7) is 4.38.